The number of nitriles is 1. The van der Waals surface area contributed by atoms with Gasteiger partial charge in [0.1, 0.15) is 0 Å². The Labute approximate surface area is 129 Å². The summed E-state index contributed by atoms with van der Waals surface area (Å²) < 4.78 is 0. The lowest BCUT2D eigenvalue weighted by molar-refractivity contribution is -0.134. The molecule has 1 N–H and O–H groups in total. The normalized spacial score (nSPS) is 19.9. The van der Waals surface area contributed by atoms with Crippen molar-refractivity contribution in [1.29, 1.82) is 5.26 Å². The second-order valence-corrected chi connectivity index (χ2v) is 6.36. The zero-order valence-electron chi connectivity index (χ0n) is 12.2. The Kier molecular flexibility index (Phi) is 5.66. The third-order valence-corrected chi connectivity index (χ3v) is 4.77. The molecule has 2 unspecified atom stereocenters. The number of hydrogen-bond acceptors (Lipinski definition) is 4. The van der Waals surface area contributed by atoms with Crippen LogP contribution in [0.5, 0.6) is 0 Å². The van der Waals surface area contributed by atoms with Crippen LogP contribution in [0.3, 0.4) is 0 Å². The van der Waals surface area contributed by atoms with E-state index in [1.165, 1.54) is 11.8 Å². The fourth-order valence-corrected chi connectivity index (χ4v) is 3.41. The standard InChI is InChI=1S/C16H20N2O2S/c1-12(19)15-4-2-3-9-18(15)16(20)11-21-14-7-5-13(10-17)6-8-14/h5-8,12,15,19H,2-4,9,11H2,1H3. The monoisotopic (exact) mass is 304 g/mol. The molecule has 0 aromatic heterocycles. The van der Waals surface area contributed by atoms with Gasteiger partial charge < -0.3 is 10.0 Å². The quantitative estimate of drug-likeness (QED) is 0.868. The average molecular weight is 304 g/mol. The summed E-state index contributed by atoms with van der Waals surface area (Å²) in [6.07, 6.45) is 2.48. The highest BCUT2D eigenvalue weighted by Crippen LogP contribution is 2.23. The van der Waals surface area contributed by atoms with Gasteiger partial charge in [-0.2, -0.15) is 5.26 Å². The molecule has 1 aromatic carbocycles. The van der Waals surface area contributed by atoms with Gasteiger partial charge >= 0.3 is 0 Å². The zero-order chi connectivity index (χ0) is 15.2. The highest BCUT2D eigenvalue weighted by Gasteiger charge is 2.29. The van der Waals surface area contributed by atoms with Crippen LogP contribution in [0.2, 0.25) is 0 Å². The van der Waals surface area contributed by atoms with Crippen molar-refractivity contribution in [1.82, 2.24) is 4.90 Å². The minimum atomic E-state index is -0.478. The van der Waals surface area contributed by atoms with Crippen molar-refractivity contribution in [2.75, 3.05) is 12.3 Å². The molecule has 1 heterocycles. The third kappa shape index (κ3) is 4.23. The van der Waals surface area contributed by atoms with Crippen molar-refractivity contribution in [2.24, 2.45) is 0 Å². The van der Waals surface area contributed by atoms with Crippen molar-refractivity contribution < 1.29 is 9.90 Å². The second-order valence-electron chi connectivity index (χ2n) is 5.32. The smallest absolute Gasteiger partial charge is 0.233 e. The fourth-order valence-electron chi connectivity index (χ4n) is 2.62. The number of carbonyl (C=O) groups excluding carboxylic acids is 1. The van der Waals surface area contributed by atoms with Crippen molar-refractivity contribution in [3.05, 3.63) is 29.8 Å². The molecule has 1 aromatic rings. The van der Waals surface area contributed by atoms with Gasteiger partial charge in [0, 0.05) is 11.4 Å². The number of aliphatic hydroxyl groups excluding tert-OH is 1. The van der Waals surface area contributed by atoms with Gasteiger partial charge in [-0.15, -0.1) is 11.8 Å². The summed E-state index contributed by atoms with van der Waals surface area (Å²) in [5, 5.41) is 18.6. The molecule has 1 saturated heterocycles. The molecule has 0 bridgehead atoms. The number of thioether (sulfide) groups is 1. The van der Waals surface area contributed by atoms with Crippen molar-refractivity contribution in [2.45, 2.75) is 43.2 Å². The summed E-state index contributed by atoms with van der Waals surface area (Å²) in [4.78, 5) is 15.2. The number of aliphatic hydroxyl groups is 1. The Morgan fingerprint density at radius 2 is 2.19 bits per heavy atom. The van der Waals surface area contributed by atoms with Gasteiger partial charge in [0.2, 0.25) is 5.91 Å². The van der Waals surface area contributed by atoms with Gasteiger partial charge in [-0.3, -0.25) is 4.79 Å². The molecule has 5 heteroatoms. The van der Waals surface area contributed by atoms with Gasteiger partial charge in [-0.05, 0) is 50.5 Å². The number of carbonyl (C=O) groups is 1. The maximum atomic E-state index is 12.4. The number of rotatable bonds is 4. The molecule has 0 radical (unpaired) electrons. The van der Waals surface area contributed by atoms with E-state index < -0.39 is 6.10 Å². The second kappa shape index (κ2) is 7.48. The molecule has 1 amide bonds. The summed E-state index contributed by atoms with van der Waals surface area (Å²) in [5.74, 6) is 0.449. The van der Waals surface area contributed by atoms with E-state index in [2.05, 4.69) is 6.07 Å². The maximum absolute atomic E-state index is 12.4. The van der Waals surface area contributed by atoms with Crippen LogP contribution in [0.4, 0.5) is 0 Å². The van der Waals surface area contributed by atoms with E-state index in [-0.39, 0.29) is 11.9 Å². The Balaban J connectivity index is 1.92. The van der Waals surface area contributed by atoms with E-state index in [1.807, 2.05) is 17.0 Å². The predicted octanol–water partition coefficient (Wildman–Crippen LogP) is 2.41. The lowest BCUT2D eigenvalue weighted by Gasteiger charge is -2.37. The first-order valence-corrected chi connectivity index (χ1v) is 8.21. The SMILES string of the molecule is CC(O)C1CCCCN1C(=O)CSc1ccc(C#N)cc1. The number of amides is 1. The molecule has 112 valence electrons. The Bertz CT molecular complexity index is 522. The van der Waals surface area contributed by atoms with Gasteiger partial charge in [0.05, 0.1) is 29.5 Å². The molecular weight excluding hydrogens is 284 g/mol. The van der Waals surface area contributed by atoms with E-state index in [9.17, 15) is 9.90 Å². The predicted molar refractivity (Wildman–Crippen MR) is 82.9 cm³/mol. The van der Waals surface area contributed by atoms with Crippen LogP contribution in [0, 0.1) is 11.3 Å². The number of likely N-dealkylation sites (tertiary alicyclic amines) is 1. The molecule has 2 rings (SSSR count). The number of piperidine rings is 1. The molecule has 1 aliphatic rings. The van der Waals surface area contributed by atoms with Crippen molar-refractivity contribution in [3.8, 4) is 6.07 Å². The van der Waals surface area contributed by atoms with E-state index >= 15 is 0 Å². The third-order valence-electron chi connectivity index (χ3n) is 3.77. The zero-order valence-corrected chi connectivity index (χ0v) is 13.0. The van der Waals surface area contributed by atoms with Gasteiger partial charge in [-0.1, -0.05) is 0 Å². The highest BCUT2D eigenvalue weighted by atomic mass is 32.2. The van der Waals surface area contributed by atoms with Gasteiger partial charge in [-0.25, -0.2) is 0 Å². The first kappa shape index (κ1) is 15.9. The average Bonchev–Trinajstić information content (AvgIpc) is 2.53. The summed E-state index contributed by atoms with van der Waals surface area (Å²) in [6.45, 7) is 2.49. The van der Waals surface area contributed by atoms with Gasteiger partial charge in [0.25, 0.3) is 0 Å². The minimum Gasteiger partial charge on any atom is -0.391 e. The lowest BCUT2D eigenvalue weighted by Crippen LogP contribution is -2.49. The van der Waals surface area contributed by atoms with E-state index in [4.69, 9.17) is 5.26 Å². The Morgan fingerprint density at radius 3 is 2.81 bits per heavy atom. The molecule has 2 atom stereocenters. The van der Waals surface area contributed by atoms with E-state index in [1.54, 1.807) is 19.1 Å². The molecule has 0 spiro atoms. The highest BCUT2D eigenvalue weighted by molar-refractivity contribution is 8.00. The largest absolute Gasteiger partial charge is 0.391 e. The van der Waals surface area contributed by atoms with Crippen LogP contribution >= 0.6 is 11.8 Å². The number of benzene rings is 1. The molecule has 1 fully saturated rings. The summed E-state index contributed by atoms with van der Waals surface area (Å²) in [6, 6.07) is 9.26. The molecule has 1 aliphatic heterocycles. The molecule has 0 aliphatic carbocycles. The maximum Gasteiger partial charge on any atom is 0.233 e. The number of hydrogen-bond donors (Lipinski definition) is 1. The first-order valence-electron chi connectivity index (χ1n) is 7.22. The van der Waals surface area contributed by atoms with Crippen LogP contribution in [0.1, 0.15) is 31.7 Å². The van der Waals surface area contributed by atoms with Gasteiger partial charge in [0.15, 0.2) is 0 Å². The Hall–Kier alpha value is -1.51. The van der Waals surface area contributed by atoms with Crippen molar-refractivity contribution >= 4 is 17.7 Å². The number of nitrogens with zero attached hydrogens (tertiary/aromatic N) is 2. The van der Waals surface area contributed by atoms with Crippen LogP contribution < -0.4 is 0 Å². The van der Waals surface area contributed by atoms with Crippen LogP contribution in [0.25, 0.3) is 0 Å². The summed E-state index contributed by atoms with van der Waals surface area (Å²) >= 11 is 1.47. The Morgan fingerprint density at radius 1 is 1.48 bits per heavy atom. The van der Waals surface area contributed by atoms with Crippen LogP contribution in [-0.2, 0) is 4.79 Å². The molecule has 0 saturated carbocycles. The van der Waals surface area contributed by atoms with Crippen LogP contribution in [-0.4, -0.2) is 40.4 Å². The molecular formula is C16H20N2O2S. The fraction of sp³-hybridized carbons (Fsp3) is 0.500. The lowest BCUT2D eigenvalue weighted by atomic mass is 9.98. The summed E-state index contributed by atoms with van der Waals surface area (Å²) in [5.41, 5.74) is 0.621. The van der Waals surface area contributed by atoms with E-state index in [0.717, 1.165) is 30.7 Å². The topological polar surface area (TPSA) is 64.3 Å². The van der Waals surface area contributed by atoms with Crippen LogP contribution in [0.15, 0.2) is 29.2 Å². The molecule has 21 heavy (non-hydrogen) atoms. The minimum absolute atomic E-state index is 0.0483. The summed E-state index contributed by atoms with van der Waals surface area (Å²) in [7, 11) is 0. The van der Waals surface area contributed by atoms with Crippen molar-refractivity contribution in [3.63, 3.8) is 0 Å². The van der Waals surface area contributed by atoms with E-state index in [0.29, 0.717) is 11.3 Å². The first-order chi connectivity index (χ1) is 10.1. The molecule has 4 nitrogen and oxygen atoms in total.